The number of amides is 2. The van der Waals surface area contributed by atoms with Crippen molar-refractivity contribution in [3.8, 4) is 5.75 Å². The van der Waals surface area contributed by atoms with E-state index < -0.39 is 5.91 Å². The molecule has 2 aromatic carbocycles. The Morgan fingerprint density at radius 2 is 2.04 bits per heavy atom. The van der Waals surface area contributed by atoms with Crippen LogP contribution in [-0.2, 0) is 4.79 Å². The van der Waals surface area contributed by atoms with E-state index in [0.717, 1.165) is 32.6 Å². The highest BCUT2D eigenvalue weighted by molar-refractivity contribution is 9.10. The molecular weight excluding hydrogens is 448 g/mol. The van der Waals surface area contributed by atoms with Crippen LogP contribution in [0, 0.1) is 0 Å². The number of benzene rings is 2. The zero-order valence-corrected chi connectivity index (χ0v) is 17.5. The van der Waals surface area contributed by atoms with Gasteiger partial charge in [-0.05, 0) is 67.2 Å². The van der Waals surface area contributed by atoms with Gasteiger partial charge in [0.25, 0.3) is 11.8 Å². The number of hydrogen-bond donors (Lipinski definition) is 1. The van der Waals surface area contributed by atoms with Gasteiger partial charge in [0.15, 0.2) is 4.32 Å². The van der Waals surface area contributed by atoms with Crippen LogP contribution in [0.25, 0.3) is 6.08 Å². The second kappa shape index (κ2) is 8.69. The molecule has 0 unspecified atom stereocenters. The van der Waals surface area contributed by atoms with E-state index in [1.54, 1.807) is 30.3 Å². The van der Waals surface area contributed by atoms with Crippen molar-refractivity contribution in [2.45, 2.75) is 6.92 Å². The van der Waals surface area contributed by atoms with E-state index in [1.165, 1.54) is 0 Å². The molecule has 5 nitrogen and oxygen atoms in total. The zero-order chi connectivity index (χ0) is 19.4. The molecule has 1 fully saturated rings. The smallest absolute Gasteiger partial charge is 0.285 e. The lowest BCUT2D eigenvalue weighted by Crippen LogP contribution is -2.44. The van der Waals surface area contributed by atoms with Crippen molar-refractivity contribution >= 4 is 62.1 Å². The Hall–Kier alpha value is -2.16. The molecule has 0 radical (unpaired) electrons. The summed E-state index contributed by atoms with van der Waals surface area (Å²) in [7, 11) is 0. The third-order valence-corrected chi connectivity index (χ3v) is 5.41. The van der Waals surface area contributed by atoms with Crippen LogP contribution in [-0.4, -0.2) is 27.8 Å². The average Bonchev–Trinajstić information content (AvgIpc) is 2.90. The first-order valence-corrected chi connectivity index (χ1v) is 10.1. The van der Waals surface area contributed by atoms with E-state index in [0.29, 0.717) is 17.1 Å². The van der Waals surface area contributed by atoms with Crippen molar-refractivity contribution in [2.75, 3.05) is 6.61 Å². The molecule has 2 amide bonds. The van der Waals surface area contributed by atoms with E-state index >= 15 is 0 Å². The van der Waals surface area contributed by atoms with Crippen LogP contribution in [0.1, 0.15) is 22.8 Å². The van der Waals surface area contributed by atoms with Gasteiger partial charge in [-0.15, -0.1) is 0 Å². The maximum absolute atomic E-state index is 12.6. The summed E-state index contributed by atoms with van der Waals surface area (Å²) in [5.74, 6) is -0.0408. The lowest BCUT2D eigenvalue weighted by molar-refractivity contribution is -0.123. The lowest BCUT2D eigenvalue weighted by atomic mass is 10.2. The minimum absolute atomic E-state index is 0.276. The number of ether oxygens (including phenoxy) is 1. The largest absolute Gasteiger partial charge is 0.494 e. The molecule has 0 bridgehead atoms. The number of hydrogen-bond acceptors (Lipinski definition) is 5. The quantitative estimate of drug-likeness (QED) is 0.527. The normalized spacial score (nSPS) is 15.3. The molecule has 3 rings (SSSR count). The Balaban J connectivity index is 1.75. The summed E-state index contributed by atoms with van der Waals surface area (Å²) in [6.45, 7) is 2.47. The van der Waals surface area contributed by atoms with E-state index in [2.05, 4.69) is 21.4 Å². The number of carbonyl (C=O) groups excluding carboxylic acids is 2. The van der Waals surface area contributed by atoms with Gasteiger partial charge in [-0.1, -0.05) is 39.8 Å². The molecule has 138 valence electrons. The Bertz CT molecular complexity index is 929. The highest BCUT2D eigenvalue weighted by atomic mass is 79.9. The summed E-state index contributed by atoms with van der Waals surface area (Å²) < 4.78 is 6.61. The van der Waals surface area contributed by atoms with Crippen molar-refractivity contribution in [2.24, 2.45) is 0 Å². The van der Waals surface area contributed by atoms with Gasteiger partial charge >= 0.3 is 0 Å². The predicted octanol–water partition coefficient (Wildman–Crippen LogP) is 4.39. The summed E-state index contributed by atoms with van der Waals surface area (Å²) in [6.07, 6.45) is 1.73. The minimum atomic E-state index is -0.404. The number of carbonyl (C=O) groups is 2. The first-order chi connectivity index (χ1) is 13.0. The number of thioether (sulfide) groups is 1. The van der Waals surface area contributed by atoms with E-state index in [4.69, 9.17) is 17.0 Å². The molecule has 1 aliphatic heterocycles. The number of halogens is 1. The fourth-order valence-electron chi connectivity index (χ4n) is 2.34. The lowest BCUT2D eigenvalue weighted by Gasteiger charge is -2.15. The fourth-order valence-corrected chi connectivity index (χ4v) is 3.79. The van der Waals surface area contributed by atoms with Crippen molar-refractivity contribution in [1.29, 1.82) is 0 Å². The summed E-state index contributed by atoms with van der Waals surface area (Å²) >= 11 is 9.71. The first-order valence-electron chi connectivity index (χ1n) is 8.05. The van der Waals surface area contributed by atoms with Crippen LogP contribution in [0.5, 0.6) is 5.75 Å². The molecule has 2 aromatic rings. The maximum Gasteiger partial charge on any atom is 0.285 e. The Kier molecular flexibility index (Phi) is 6.30. The van der Waals surface area contributed by atoms with Crippen LogP contribution in [0.4, 0.5) is 0 Å². The van der Waals surface area contributed by atoms with Crippen LogP contribution in [0.15, 0.2) is 57.9 Å². The fraction of sp³-hybridized carbons (Fsp3) is 0.105. The molecule has 0 spiro atoms. The Labute approximate surface area is 174 Å². The van der Waals surface area contributed by atoms with E-state index in [1.807, 2.05) is 31.2 Å². The second-order valence-electron chi connectivity index (χ2n) is 5.47. The minimum Gasteiger partial charge on any atom is -0.494 e. The third kappa shape index (κ3) is 4.77. The molecule has 1 heterocycles. The zero-order valence-electron chi connectivity index (χ0n) is 14.3. The maximum atomic E-state index is 12.6. The second-order valence-corrected chi connectivity index (χ2v) is 8.06. The van der Waals surface area contributed by atoms with Crippen molar-refractivity contribution in [1.82, 2.24) is 10.4 Å². The van der Waals surface area contributed by atoms with Gasteiger partial charge in [0.05, 0.1) is 11.5 Å². The van der Waals surface area contributed by atoms with E-state index in [9.17, 15) is 9.59 Å². The Morgan fingerprint density at radius 1 is 1.30 bits per heavy atom. The molecule has 0 atom stereocenters. The summed E-state index contributed by atoms with van der Waals surface area (Å²) in [5.41, 5.74) is 3.81. The van der Waals surface area contributed by atoms with Gasteiger partial charge in [0.2, 0.25) is 0 Å². The number of hydrazine groups is 1. The SMILES string of the molecule is CCOc1cccc(/C=C2/SC(=S)N(NC(=O)c3ccc(Br)cc3)C2=O)c1. The van der Waals surface area contributed by atoms with Crippen LogP contribution >= 0.6 is 39.9 Å². The van der Waals surface area contributed by atoms with Gasteiger partial charge < -0.3 is 4.74 Å². The topological polar surface area (TPSA) is 58.6 Å². The Morgan fingerprint density at radius 3 is 2.74 bits per heavy atom. The van der Waals surface area contributed by atoms with Crippen molar-refractivity contribution < 1.29 is 14.3 Å². The first kappa shape index (κ1) is 19.6. The third-order valence-electron chi connectivity index (χ3n) is 3.58. The van der Waals surface area contributed by atoms with E-state index in [-0.39, 0.29) is 10.2 Å². The number of nitrogens with zero attached hydrogens (tertiary/aromatic N) is 1. The standard InChI is InChI=1S/C19H15BrN2O3S2/c1-2-25-15-5-3-4-12(10-15)11-16-18(24)22(19(26)27-16)21-17(23)13-6-8-14(20)9-7-13/h3-11H,2H2,1H3,(H,21,23)/b16-11+. The average molecular weight is 463 g/mol. The highest BCUT2D eigenvalue weighted by Crippen LogP contribution is 2.32. The molecule has 0 aromatic heterocycles. The van der Waals surface area contributed by atoms with Gasteiger partial charge in [-0.25, -0.2) is 0 Å². The molecule has 0 aliphatic carbocycles. The number of nitrogens with one attached hydrogen (secondary N) is 1. The molecule has 0 saturated carbocycles. The molecule has 8 heteroatoms. The molecule has 1 saturated heterocycles. The summed E-state index contributed by atoms with van der Waals surface area (Å²) in [6, 6.07) is 14.2. The number of rotatable bonds is 5. The van der Waals surface area contributed by atoms with Crippen LogP contribution < -0.4 is 10.2 Å². The predicted molar refractivity (Wildman–Crippen MR) is 114 cm³/mol. The van der Waals surface area contributed by atoms with Crippen LogP contribution in [0.3, 0.4) is 0 Å². The monoisotopic (exact) mass is 462 g/mol. The van der Waals surface area contributed by atoms with Gasteiger partial charge in [0.1, 0.15) is 5.75 Å². The van der Waals surface area contributed by atoms with Crippen molar-refractivity contribution in [3.63, 3.8) is 0 Å². The highest BCUT2D eigenvalue weighted by Gasteiger charge is 2.33. The summed E-state index contributed by atoms with van der Waals surface area (Å²) in [4.78, 5) is 25.4. The van der Waals surface area contributed by atoms with Crippen LogP contribution in [0.2, 0.25) is 0 Å². The van der Waals surface area contributed by atoms with Gasteiger partial charge in [-0.3, -0.25) is 15.0 Å². The molecule has 1 N–H and O–H groups in total. The number of thiocarbonyl (C=S) groups is 1. The van der Waals surface area contributed by atoms with Gasteiger partial charge in [0, 0.05) is 10.0 Å². The van der Waals surface area contributed by atoms with Crippen molar-refractivity contribution in [3.05, 3.63) is 69.0 Å². The molecule has 1 aliphatic rings. The van der Waals surface area contributed by atoms with Gasteiger partial charge in [-0.2, -0.15) is 5.01 Å². The summed E-state index contributed by atoms with van der Waals surface area (Å²) in [5, 5.41) is 1.10. The molecule has 27 heavy (non-hydrogen) atoms. The molecular formula is C19H15BrN2O3S2.